The lowest BCUT2D eigenvalue weighted by Gasteiger charge is -2.23. The average Bonchev–Trinajstić information content (AvgIpc) is 3.42. The summed E-state index contributed by atoms with van der Waals surface area (Å²) >= 11 is 0. The van der Waals surface area contributed by atoms with Crippen LogP contribution in [0.5, 0.6) is 0 Å². The highest BCUT2D eigenvalue weighted by Gasteiger charge is 2.48. The summed E-state index contributed by atoms with van der Waals surface area (Å²) in [6, 6.07) is 15.8. The molecule has 4 heteroatoms. The molecule has 0 saturated heterocycles. The van der Waals surface area contributed by atoms with E-state index in [1.165, 1.54) is 5.56 Å². The number of benzene rings is 2. The molecular weight excluding hydrogens is 360 g/mol. The lowest BCUT2D eigenvalue weighted by atomic mass is 9.86. The Hall–Kier alpha value is -2.62. The Morgan fingerprint density at radius 1 is 0.759 bits per heavy atom. The van der Waals surface area contributed by atoms with Crippen LogP contribution in [0, 0.1) is 11.8 Å². The molecule has 0 aromatic heterocycles. The summed E-state index contributed by atoms with van der Waals surface area (Å²) in [4.78, 5) is 25.2. The maximum atomic E-state index is 12.7. The molecule has 1 saturated carbocycles. The van der Waals surface area contributed by atoms with Crippen LogP contribution < -0.4 is 10.6 Å². The van der Waals surface area contributed by atoms with Gasteiger partial charge in [-0.1, -0.05) is 71.9 Å². The minimum absolute atomic E-state index is 0.0661. The number of carbonyl (C=O) groups excluding carboxylic acids is 2. The fraction of sp³-hybridized carbons (Fsp3) is 0.440. The van der Waals surface area contributed by atoms with Crippen LogP contribution >= 0.6 is 0 Å². The van der Waals surface area contributed by atoms with E-state index >= 15 is 0 Å². The normalized spacial score (nSPS) is 18.8. The topological polar surface area (TPSA) is 58.2 Å². The number of rotatable bonds is 4. The van der Waals surface area contributed by atoms with E-state index < -0.39 is 0 Å². The summed E-state index contributed by atoms with van der Waals surface area (Å²) in [7, 11) is 0. The van der Waals surface area contributed by atoms with Gasteiger partial charge in [-0.05, 0) is 46.6 Å². The van der Waals surface area contributed by atoms with Crippen LogP contribution in [0.3, 0.4) is 0 Å². The van der Waals surface area contributed by atoms with Crippen molar-refractivity contribution >= 4 is 23.2 Å². The van der Waals surface area contributed by atoms with Crippen molar-refractivity contribution in [1.82, 2.24) is 0 Å². The first-order valence-electron chi connectivity index (χ1n) is 10.3. The van der Waals surface area contributed by atoms with Crippen molar-refractivity contribution in [2.45, 2.75) is 58.8 Å². The molecule has 3 rings (SSSR count). The van der Waals surface area contributed by atoms with E-state index in [9.17, 15) is 9.59 Å². The summed E-state index contributed by atoms with van der Waals surface area (Å²) in [6.45, 7) is 12.8. The molecule has 2 N–H and O–H groups in total. The maximum Gasteiger partial charge on any atom is 0.228 e. The largest absolute Gasteiger partial charge is 0.326 e. The van der Waals surface area contributed by atoms with Gasteiger partial charge in [0.25, 0.3) is 0 Å². The van der Waals surface area contributed by atoms with Crippen LogP contribution in [0.2, 0.25) is 0 Å². The second kappa shape index (κ2) is 7.66. The third-order valence-electron chi connectivity index (χ3n) is 5.48. The molecule has 0 aliphatic heterocycles. The smallest absolute Gasteiger partial charge is 0.228 e. The van der Waals surface area contributed by atoms with Crippen molar-refractivity contribution in [3.05, 3.63) is 59.7 Å². The zero-order valence-electron chi connectivity index (χ0n) is 18.3. The van der Waals surface area contributed by atoms with Crippen molar-refractivity contribution in [3.8, 4) is 0 Å². The zero-order chi connectivity index (χ0) is 21.4. The number of para-hydroxylation sites is 1. The molecule has 0 heterocycles. The molecule has 154 valence electrons. The van der Waals surface area contributed by atoms with E-state index in [1.807, 2.05) is 48.5 Å². The number of hydrogen-bond acceptors (Lipinski definition) is 2. The van der Waals surface area contributed by atoms with Crippen LogP contribution in [0.4, 0.5) is 11.4 Å². The molecule has 1 fully saturated rings. The fourth-order valence-corrected chi connectivity index (χ4v) is 3.53. The van der Waals surface area contributed by atoms with Crippen LogP contribution in [0.1, 0.15) is 59.1 Å². The fourth-order valence-electron chi connectivity index (χ4n) is 3.53. The van der Waals surface area contributed by atoms with Gasteiger partial charge in [-0.2, -0.15) is 0 Å². The van der Waals surface area contributed by atoms with Gasteiger partial charge in [0.1, 0.15) is 0 Å². The van der Waals surface area contributed by atoms with Crippen molar-refractivity contribution < 1.29 is 9.59 Å². The molecule has 0 spiro atoms. The Morgan fingerprint density at radius 3 is 1.86 bits per heavy atom. The third kappa shape index (κ3) is 5.06. The SMILES string of the molecule is CC(C)(C)c1ccc(NC(=O)C2CC2C(=O)Nc2ccccc2C(C)(C)C)cc1. The van der Waals surface area contributed by atoms with Crippen LogP contribution in [0.15, 0.2) is 48.5 Å². The Bertz CT molecular complexity index is 902. The second-order valence-corrected chi connectivity index (χ2v) is 10.1. The molecule has 1 aliphatic carbocycles. The minimum Gasteiger partial charge on any atom is -0.326 e. The number of hydrogen-bond donors (Lipinski definition) is 2. The highest BCUT2D eigenvalue weighted by atomic mass is 16.2. The molecule has 2 aromatic carbocycles. The van der Waals surface area contributed by atoms with Crippen molar-refractivity contribution in [2.75, 3.05) is 10.6 Å². The van der Waals surface area contributed by atoms with E-state index in [-0.39, 0.29) is 34.5 Å². The zero-order valence-corrected chi connectivity index (χ0v) is 18.3. The van der Waals surface area contributed by atoms with E-state index in [1.54, 1.807) is 0 Å². The molecule has 0 bridgehead atoms. The predicted octanol–water partition coefficient (Wildman–Crippen LogP) is 5.49. The van der Waals surface area contributed by atoms with Crippen LogP contribution in [-0.2, 0) is 20.4 Å². The molecule has 1 aliphatic rings. The number of anilines is 2. The molecular formula is C25H32N2O2. The summed E-state index contributed by atoms with van der Waals surface area (Å²) in [5.74, 6) is -0.696. The first kappa shape index (κ1) is 21.1. The van der Waals surface area contributed by atoms with Gasteiger partial charge in [-0.25, -0.2) is 0 Å². The quantitative estimate of drug-likeness (QED) is 0.722. The van der Waals surface area contributed by atoms with Gasteiger partial charge in [-0.3, -0.25) is 9.59 Å². The second-order valence-electron chi connectivity index (χ2n) is 10.1. The van der Waals surface area contributed by atoms with Crippen LogP contribution in [0.25, 0.3) is 0 Å². The van der Waals surface area contributed by atoms with E-state index in [0.29, 0.717) is 6.42 Å². The first-order chi connectivity index (χ1) is 13.5. The van der Waals surface area contributed by atoms with Gasteiger partial charge in [-0.15, -0.1) is 0 Å². The minimum atomic E-state index is -0.267. The number of nitrogens with one attached hydrogen (secondary N) is 2. The lowest BCUT2D eigenvalue weighted by molar-refractivity contribution is -0.122. The van der Waals surface area contributed by atoms with Gasteiger partial charge < -0.3 is 10.6 Å². The Labute approximate surface area is 174 Å². The molecule has 2 atom stereocenters. The molecule has 4 nitrogen and oxygen atoms in total. The Kier molecular flexibility index (Phi) is 5.57. The monoisotopic (exact) mass is 392 g/mol. The van der Waals surface area contributed by atoms with E-state index in [0.717, 1.165) is 16.9 Å². The average molecular weight is 393 g/mol. The third-order valence-corrected chi connectivity index (χ3v) is 5.48. The van der Waals surface area contributed by atoms with Crippen LogP contribution in [-0.4, -0.2) is 11.8 Å². The van der Waals surface area contributed by atoms with Crippen molar-refractivity contribution in [1.29, 1.82) is 0 Å². The number of carbonyl (C=O) groups is 2. The van der Waals surface area contributed by atoms with Gasteiger partial charge in [0.2, 0.25) is 11.8 Å². The molecule has 2 aromatic rings. The Balaban J connectivity index is 1.60. The maximum absolute atomic E-state index is 12.7. The van der Waals surface area contributed by atoms with Gasteiger partial charge in [0.15, 0.2) is 0 Å². The molecule has 29 heavy (non-hydrogen) atoms. The molecule has 0 radical (unpaired) electrons. The van der Waals surface area contributed by atoms with E-state index in [4.69, 9.17) is 0 Å². The summed E-state index contributed by atoms with van der Waals surface area (Å²) < 4.78 is 0. The number of amides is 2. The van der Waals surface area contributed by atoms with Gasteiger partial charge >= 0.3 is 0 Å². The van der Waals surface area contributed by atoms with E-state index in [2.05, 4.69) is 52.2 Å². The summed E-state index contributed by atoms with van der Waals surface area (Å²) in [5, 5.41) is 5.98. The van der Waals surface area contributed by atoms with Crippen molar-refractivity contribution in [3.63, 3.8) is 0 Å². The van der Waals surface area contributed by atoms with Crippen molar-refractivity contribution in [2.24, 2.45) is 11.8 Å². The Morgan fingerprint density at radius 2 is 1.31 bits per heavy atom. The highest BCUT2D eigenvalue weighted by molar-refractivity contribution is 6.03. The standard InChI is InChI=1S/C25H32N2O2/c1-24(2,3)16-11-13-17(14-12-16)26-22(28)18-15-19(18)23(29)27-21-10-8-7-9-20(21)25(4,5)6/h7-14,18-19H,15H2,1-6H3,(H,26,28)(H,27,29). The summed E-state index contributed by atoms with van der Waals surface area (Å²) in [5.41, 5.74) is 3.92. The summed E-state index contributed by atoms with van der Waals surface area (Å²) in [6.07, 6.45) is 0.593. The molecule has 2 unspecified atom stereocenters. The highest BCUT2D eigenvalue weighted by Crippen LogP contribution is 2.41. The van der Waals surface area contributed by atoms with Gasteiger partial charge in [0.05, 0.1) is 11.8 Å². The van der Waals surface area contributed by atoms with Gasteiger partial charge in [0, 0.05) is 11.4 Å². The first-order valence-corrected chi connectivity index (χ1v) is 10.3. The lowest BCUT2D eigenvalue weighted by Crippen LogP contribution is -2.22. The predicted molar refractivity (Wildman–Crippen MR) is 119 cm³/mol. The molecule has 2 amide bonds.